The molecule has 0 saturated carbocycles. The minimum absolute atomic E-state index is 0.928. The molecule has 2 nitrogen and oxygen atoms in total. The summed E-state index contributed by atoms with van der Waals surface area (Å²) >= 11 is 0. The largest absolute Gasteiger partial charge is 0.347 e. The van der Waals surface area contributed by atoms with Gasteiger partial charge in [-0.05, 0) is 49.0 Å². The Morgan fingerprint density at radius 2 is 2.24 bits per heavy atom. The Balaban J connectivity index is 2.19. The molecule has 0 amide bonds. The number of hydrogen-bond donors (Lipinski definition) is 1. The smallest absolute Gasteiger partial charge is 0.0480 e. The van der Waals surface area contributed by atoms with Crippen molar-refractivity contribution in [3.63, 3.8) is 0 Å². The van der Waals surface area contributed by atoms with Crippen molar-refractivity contribution in [2.45, 2.75) is 25.9 Å². The summed E-state index contributed by atoms with van der Waals surface area (Å²) in [5, 5.41) is 4.51. The van der Waals surface area contributed by atoms with Gasteiger partial charge in [-0.25, -0.2) is 0 Å². The number of aromatic nitrogens is 1. The van der Waals surface area contributed by atoms with Gasteiger partial charge in [0, 0.05) is 24.8 Å². The highest BCUT2D eigenvalue weighted by Crippen LogP contribution is 2.18. The van der Waals surface area contributed by atoms with Crippen LogP contribution in [0.1, 0.15) is 18.4 Å². The zero-order valence-corrected chi connectivity index (χ0v) is 10.4. The SMILES string of the molecule is C=CCCCn1ccc2cc(CNC)ccc21. The minimum atomic E-state index is 0.928. The fraction of sp³-hybridized carbons (Fsp3) is 0.333. The van der Waals surface area contributed by atoms with Gasteiger partial charge in [-0.2, -0.15) is 0 Å². The molecule has 0 bridgehead atoms. The van der Waals surface area contributed by atoms with Gasteiger partial charge in [0.2, 0.25) is 0 Å². The molecule has 0 unspecified atom stereocenters. The van der Waals surface area contributed by atoms with E-state index >= 15 is 0 Å². The number of allylic oxidation sites excluding steroid dienone is 1. The third-order valence-corrected chi connectivity index (χ3v) is 3.02. The van der Waals surface area contributed by atoms with Gasteiger partial charge in [0.05, 0.1) is 0 Å². The quantitative estimate of drug-likeness (QED) is 0.593. The molecule has 0 aliphatic carbocycles. The maximum Gasteiger partial charge on any atom is 0.0480 e. The van der Waals surface area contributed by atoms with E-state index in [1.165, 1.54) is 16.5 Å². The van der Waals surface area contributed by atoms with Crippen molar-refractivity contribution in [3.8, 4) is 0 Å². The standard InChI is InChI=1S/C15H20N2/c1-3-4-5-9-17-10-8-14-11-13(12-16-2)6-7-15(14)17/h3,6-8,10-11,16H,1,4-5,9,12H2,2H3. The summed E-state index contributed by atoms with van der Waals surface area (Å²) in [6.07, 6.45) is 6.40. The second-order valence-electron chi connectivity index (χ2n) is 4.36. The van der Waals surface area contributed by atoms with Crippen LogP contribution in [-0.2, 0) is 13.1 Å². The second kappa shape index (κ2) is 5.69. The first-order valence-corrected chi connectivity index (χ1v) is 6.18. The van der Waals surface area contributed by atoms with Crippen molar-refractivity contribution in [2.75, 3.05) is 7.05 Å². The Kier molecular flexibility index (Phi) is 3.99. The number of nitrogens with zero attached hydrogens (tertiary/aromatic N) is 1. The molecular formula is C15H20N2. The summed E-state index contributed by atoms with van der Waals surface area (Å²) in [6.45, 7) is 5.76. The topological polar surface area (TPSA) is 17.0 Å². The van der Waals surface area contributed by atoms with E-state index in [1.807, 2.05) is 13.1 Å². The van der Waals surface area contributed by atoms with Crippen LogP contribution >= 0.6 is 0 Å². The van der Waals surface area contributed by atoms with Crippen LogP contribution in [0.25, 0.3) is 10.9 Å². The average Bonchev–Trinajstić information content (AvgIpc) is 2.73. The fourth-order valence-electron chi connectivity index (χ4n) is 2.16. The van der Waals surface area contributed by atoms with Crippen LogP contribution in [-0.4, -0.2) is 11.6 Å². The Morgan fingerprint density at radius 1 is 1.35 bits per heavy atom. The third-order valence-electron chi connectivity index (χ3n) is 3.02. The van der Waals surface area contributed by atoms with E-state index in [0.29, 0.717) is 0 Å². The Labute approximate surface area is 103 Å². The predicted octanol–water partition coefficient (Wildman–Crippen LogP) is 3.33. The van der Waals surface area contributed by atoms with Crippen LogP contribution in [0.3, 0.4) is 0 Å². The average molecular weight is 228 g/mol. The molecule has 0 aliphatic rings. The Bertz CT molecular complexity index is 497. The minimum Gasteiger partial charge on any atom is -0.347 e. The van der Waals surface area contributed by atoms with Gasteiger partial charge < -0.3 is 9.88 Å². The summed E-state index contributed by atoms with van der Waals surface area (Å²) in [5.41, 5.74) is 2.66. The van der Waals surface area contributed by atoms with Crippen LogP contribution in [0.15, 0.2) is 43.1 Å². The van der Waals surface area contributed by atoms with Gasteiger partial charge in [0.15, 0.2) is 0 Å². The molecule has 90 valence electrons. The van der Waals surface area contributed by atoms with Crippen LogP contribution in [0.4, 0.5) is 0 Å². The molecular weight excluding hydrogens is 208 g/mol. The molecule has 0 spiro atoms. The lowest BCUT2D eigenvalue weighted by Gasteiger charge is -2.05. The molecule has 1 heterocycles. The van der Waals surface area contributed by atoms with E-state index in [-0.39, 0.29) is 0 Å². The summed E-state index contributed by atoms with van der Waals surface area (Å²) in [5.74, 6) is 0. The number of unbranched alkanes of at least 4 members (excludes halogenated alkanes) is 1. The summed E-state index contributed by atoms with van der Waals surface area (Å²) in [7, 11) is 1.98. The predicted molar refractivity (Wildman–Crippen MR) is 74.1 cm³/mol. The number of nitrogens with one attached hydrogen (secondary N) is 1. The zero-order chi connectivity index (χ0) is 12.1. The molecule has 1 aromatic heterocycles. The number of benzene rings is 1. The highest BCUT2D eigenvalue weighted by Gasteiger charge is 2.01. The highest BCUT2D eigenvalue weighted by atomic mass is 14.9. The first kappa shape index (κ1) is 11.9. The molecule has 1 aromatic carbocycles. The van der Waals surface area contributed by atoms with E-state index in [1.54, 1.807) is 0 Å². The Morgan fingerprint density at radius 3 is 3.00 bits per heavy atom. The van der Waals surface area contributed by atoms with E-state index in [0.717, 1.165) is 25.9 Å². The van der Waals surface area contributed by atoms with Crippen LogP contribution in [0, 0.1) is 0 Å². The maximum atomic E-state index is 3.76. The molecule has 0 atom stereocenters. The van der Waals surface area contributed by atoms with Gasteiger partial charge in [-0.3, -0.25) is 0 Å². The van der Waals surface area contributed by atoms with Crippen LogP contribution in [0.2, 0.25) is 0 Å². The monoisotopic (exact) mass is 228 g/mol. The lowest BCUT2D eigenvalue weighted by atomic mass is 10.1. The van der Waals surface area contributed by atoms with Crippen LogP contribution < -0.4 is 5.32 Å². The lowest BCUT2D eigenvalue weighted by Crippen LogP contribution is -2.04. The molecule has 0 radical (unpaired) electrons. The highest BCUT2D eigenvalue weighted by molar-refractivity contribution is 5.80. The van der Waals surface area contributed by atoms with Gasteiger partial charge in [-0.1, -0.05) is 12.1 Å². The van der Waals surface area contributed by atoms with E-state index in [4.69, 9.17) is 0 Å². The summed E-state index contributed by atoms with van der Waals surface area (Å²) < 4.78 is 2.32. The van der Waals surface area contributed by atoms with Crippen molar-refractivity contribution in [1.82, 2.24) is 9.88 Å². The molecule has 0 aliphatic heterocycles. The van der Waals surface area contributed by atoms with Crippen molar-refractivity contribution < 1.29 is 0 Å². The Hall–Kier alpha value is -1.54. The van der Waals surface area contributed by atoms with E-state index in [2.05, 4.69) is 46.9 Å². The zero-order valence-electron chi connectivity index (χ0n) is 10.4. The molecule has 2 aromatic rings. The number of aryl methyl sites for hydroxylation is 1. The van der Waals surface area contributed by atoms with Crippen molar-refractivity contribution >= 4 is 10.9 Å². The normalized spacial score (nSPS) is 10.9. The summed E-state index contributed by atoms with van der Waals surface area (Å²) in [6, 6.07) is 8.87. The van der Waals surface area contributed by atoms with Gasteiger partial charge in [-0.15, -0.1) is 6.58 Å². The van der Waals surface area contributed by atoms with Gasteiger partial charge in [0.1, 0.15) is 0 Å². The maximum absolute atomic E-state index is 3.76. The number of rotatable bonds is 6. The molecule has 1 N–H and O–H groups in total. The van der Waals surface area contributed by atoms with Crippen molar-refractivity contribution in [2.24, 2.45) is 0 Å². The van der Waals surface area contributed by atoms with E-state index < -0.39 is 0 Å². The summed E-state index contributed by atoms with van der Waals surface area (Å²) in [4.78, 5) is 0. The number of hydrogen-bond acceptors (Lipinski definition) is 1. The molecule has 0 fully saturated rings. The van der Waals surface area contributed by atoms with Crippen molar-refractivity contribution in [3.05, 3.63) is 48.7 Å². The molecule has 2 heteroatoms. The first-order chi connectivity index (χ1) is 8.35. The lowest BCUT2D eigenvalue weighted by molar-refractivity contribution is 0.671. The van der Waals surface area contributed by atoms with Crippen molar-refractivity contribution in [1.29, 1.82) is 0 Å². The molecule has 0 saturated heterocycles. The fourth-order valence-corrected chi connectivity index (χ4v) is 2.16. The molecule has 17 heavy (non-hydrogen) atoms. The molecule has 2 rings (SSSR count). The first-order valence-electron chi connectivity index (χ1n) is 6.18. The van der Waals surface area contributed by atoms with Gasteiger partial charge in [0.25, 0.3) is 0 Å². The third kappa shape index (κ3) is 2.77. The van der Waals surface area contributed by atoms with E-state index in [9.17, 15) is 0 Å². The second-order valence-corrected chi connectivity index (χ2v) is 4.36. The number of fused-ring (bicyclic) bond motifs is 1. The van der Waals surface area contributed by atoms with Crippen LogP contribution in [0.5, 0.6) is 0 Å². The van der Waals surface area contributed by atoms with Gasteiger partial charge >= 0.3 is 0 Å².